The topological polar surface area (TPSA) is 37.3 Å². The summed E-state index contributed by atoms with van der Waals surface area (Å²) < 4.78 is 0. The Hall–Kier alpha value is -0.830. The lowest BCUT2D eigenvalue weighted by Crippen LogP contribution is -1.96. The smallest absolute Gasteiger partial charge is 0.303 e. The first kappa shape index (κ1) is 11.2. The van der Waals surface area contributed by atoms with Gasteiger partial charge in [0.25, 0.3) is 0 Å². The van der Waals surface area contributed by atoms with Crippen molar-refractivity contribution in [3.63, 3.8) is 0 Å². The van der Waals surface area contributed by atoms with E-state index in [1.165, 1.54) is 5.56 Å². The highest BCUT2D eigenvalue weighted by atomic mass is 79.9. The highest BCUT2D eigenvalue weighted by Gasteiger charge is 2.07. The molecule has 0 fully saturated rings. The highest BCUT2D eigenvalue weighted by molar-refractivity contribution is 9.09. The normalized spacial score (nSPS) is 12.4. The number of hydrogen-bond acceptors (Lipinski definition) is 1. The molecule has 0 heterocycles. The molecule has 1 unspecified atom stereocenters. The SMILES string of the molecule is O=C(O)CCCC(Br)c1ccccc1. The Balaban J connectivity index is 2.36. The van der Waals surface area contributed by atoms with Gasteiger partial charge in [-0.25, -0.2) is 0 Å². The molecule has 1 rings (SSSR count). The minimum Gasteiger partial charge on any atom is -0.481 e. The summed E-state index contributed by atoms with van der Waals surface area (Å²) in [5, 5.41) is 8.48. The zero-order valence-corrected chi connectivity index (χ0v) is 9.40. The maximum atomic E-state index is 10.3. The number of hydrogen-bond donors (Lipinski definition) is 1. The summed E-state index contributed by atoms with van der Waals surface area (Å²) in [5.41, 5.74) is 1.21. The lowest BCUT2D eigenvalue weighted by Gasteiger charge is -2.08. The Bertz CT molecular complexity index is 285. The van der Waals surface area contributed by atoms with Crippen molar-refractivity contribution in [2.45, 2.75) is 24.1 Å². The van der Waals surface area contributed by atoms with Crippen molar-refractivity contribution in [3.8, 4) is 0 Å². The molecule has 0 aliphatic carbocycles. The molecule has 1 atom stereocenters. The largest absolute Gasteiger partial charge is 0.481 e. The summed E-state index contributed by atoms with van der Waals surface area (Å²) >= 11 is 3.54. The second-order valence-corrected chi connectivity index (χ2v) is 4.27. The third kappa shape index (κ3) is 3.92. The molecular formula is C11H13BrO2. The van der Waals surface area contributed by atoms with Gasteiger partial charge in [-0.3, -0.25) is 4.79 Å². The molecule has 76 valence electrons. The maximum absolute atomic E-state index is 10.3. The van der Waals surface area contributed by atoms with E-state index in [0.29, 0.717) is 6.42 Å². The molecule has 2 nitrogen and oxygen atoms in total. The van der Waals surface area contributed by atoms with E-state index in [0.717, 1.165) is 6.42 Å². The van der Waals surface area contributed by atoms with Crippen LogP contribution in [-0.2, 0) is 4.79 Å². The second-order valence-electron chi connectivity index (χ2n) is 3.16. The van der Waals surface area contributed by atoms with E-state index in [-0.39, 0.29) is 11.2 Å². The number of benzene rings is 1. The van der Waals surface area contributed by atoms with Gasteiger partial charge in [0.05, 0.1) is 0 Å². The molecule has 0 aliphatic heterocycles. The van der Waals surface area contributed by atoms with Crippen LogP contribution in [0.15, 0.2) is 30.3 Å². The van der Waals surface area contributed by atoms with Gasteiger partial charge in [-0.2, -0.15) is 0 Å². The van der Waals surface area contributed by atoms with Gasteiger partial charge < -0.3 is 5.11 Å². The first-order valence-corrected chi connectivity index (χ1v) is 5.52. The summed E-state index contributed by atoms with van der Waals surface area (Å²) in [6.07, 6.45) is 1.81. The Morgan fingerprint density at radius 3 is 2.57 bits per heavy atom. The molecule has 1 aromatic carbocycles. The molecule has 0 aliphatic rings. The van der Waals surface area contributed by atoms with E-state index in [1.807, 2.05) is 30.3 Å². The van der Waals surface area contributed by atoms with Crippen molar-refractivity contribution in [2.24, 2.45) is 0 Å². The number of alkyl halides is 1. The first-order valence-electron chi connectivity index (χ1n) is 4.61. The summed E-state index contributed by atoms with van der Waals surface area (Å²) in [5.74, 6) is -0.724. The van der Waals surface area contributed by atoms with Gasteiger partial charge in [0, 0.05) is 11.2 Å². The summed E-state index contributed by atoms with van der Waals surface area (Å²) in [6.45, 7) is 0. The first-order chi connectivity index (χ1) is 6.70. The standard InChI is InChI=1S/C11H13BrO2/c12-10(7-4-8-11(13)14)9-5-2-1-3-6-9/h1-3,5-6,10H,4,7-8H2,(H,13,14). The lowest BCUT2D eigenvalue weighted by atomic mass is 10.1. The number of aliphatic carboxylic acids is 1. The predicted octanol–water partition coefficient (Wildman–Crippen LogP) is 3.38. The molecule has 0 saturated heterocycles. The number of carbonyl (C=O) groups is 1. The second kappa shape index (κ2) is 5.81. The Labute approximate surface area is 92.1 Å². The van der Waals surface area contributed by atoms with Gasteiger partial charge in [0.1, 0.15) is 0 Å². The van der Waals surface area contributed by atoms with E-state index >= 15 is 0 Å². The van der Waals surface area contributed by atoms with Crippen LogP contribution in [0.2, 0.25) is 0 Å². The van der Waals surface area contributed by atoms with Crippen LogP contribution in [0.5, 0.6) is 0 Å². The van der Waals surface area contributed by atoms with Gasteiger partial charge in [0.2, 0.25) is 0 Å². The molecule has 3 heteroatoms. The molecule has 0 bridgehead atoms. The zero-order chi connectivity index (χ0) is 10.4. The van der Waals surface area contributed by atoms with Crippen molar-refractivity contribution < 1.29 is 9.90 Å². The number of carboxylic acids is 1. The Morgan fingerprint density at radius 2 is 2.00 bits per heavy atom. The third-order valence-corrected chi connectivity index (χ3v) is 3.00. The lowest BCUT2D eigenvalue weighted by molar-refractivity contribution is -0.137. The van der Waals surface area contributed by atoms with Gasteiger partial charge in [0.15, 0.2) is 0 Å². The van der Waals surface area contributed by atoms with Crippen molar-refractivity contribution in [2.75, 3.05) is 0 Å². The molecule has 0 aromatic heterocycles. The van der Waals surface area contributed by atoms with Crippen molar-refractivity contribution in [3.05, 3.63) is 35.9 Å². The van der Waals surface area contributed by atoms with Crippen LogP contribution in [0.3, 0.4) is 0 Å². The fraction of sp³-hybridized carbons (Fsp3) is 0.364. The van der Waals surface area contributed by atoms with Gasteiger partial charge in [-0.1, -0.05) is 46.3 Å². The third-order valence-electron chi connectivity index (χ3n) is 2.01. The van der Waals surface area contributed by atoms with E-state index < -0.39 is 5.97 Å². The average Bonchev–Trinajstić information content (AvgIpc) is 2.18. The van der Waals surface area contributed by atoms with E-state index in [9.17, 15) is 4.79 Å². The molecule has 14 heavy (non-hydrogen) atoms. The van der Waals surface area contributed by atoms with Crippen LogP contribution in [0, 0.1) is 0 Å². The van der Waals surface area contributed by atoms with Crippen LogP contribution < -0.4 is 0 Å². The summed E-state index contributed by atoms with van der Waals surface area (Å²) in [7, 11) is 0. The van der Waals surface area contributed by atoms with E-state index in [1.54, 1.807) is 0 Å². The van der Waals surface area contributed by atoms with Crippen molar-refractivity contribution >= 4 is 21.9 Å². The molecule has 0 amide bonds. The van der Waals surface area contributed by atoms with Crippen LogP contribution in [0.4, 0.5) is 0 Å². The molecule has 0 spiro atoms. The minimum absolute atomic E-state index is 0.245. The molecule has 0 radical (unpaired) electrons. The number of rotatable bonds is 5. The van der Waals surface area contributed by atoms with Crippen LogP contribution >= 0.6 is 15.9 Å². The summed E-state index contributed by atoms with van der Waals surface area (Å²) in [4.78, 5) is 10.6. The molecule has 0 saturated carbocycles. The van der Waals surface area contributed by atoms with Crippen molar-refractivity contribution in [1.82, 2.24) is 0 Å². The minimum atomic E-state index is -0.724. The summed E-state index contributed by atoms with van der Waals surface area (Å²) in [6, 6.07) is 10.0. The fourth-order valence-electron chi connectivity index (χ4n) is 1.26. The number of carboxylic acid groups (broad SMARTS) is 1. The van der Waals surface area contributed by atoms with Crippen LogP contribution in [0.1, 0.15) is 29.7 Å². The van der Waals surface area contributed by atoms with Crippen molar-refractivity contribution in [1.29, 1.82) is 0 Å². The average molecular weight is 257 g/mol. The Kier molecular flexibility index (Phi) is 4.66. The fourth-order valence-corrected chi connectivity index (χ4v) is 1.89. The van der Waals surface area contributed by atoms with Gasteiger partial charge >= 0.3 is 5.97 Å². The quantitative estimate of drug-likeness (QED) is 0.821. The van der Waals surface area contributed by atoms with Gasteiger partial charge in [-0.15, -0.1) is 0 Å². The monoisotopic (exact) mass is 256 g/mol. The van der Waals surface area contributed by atoms with Crippen LogP contribution in [-0.4, -0.2) is 11.1 Å². The molecular weight excluding hydrogens is 244 g/mol. The number of halogens is 1. The molecule has 1 N–H and O–H groups in total. The van der Waals surface area contributed by atoms with E-state index in [4.69, 9.17) is 5.11 Å². The van der Waals surface area contributed by atoms with Crippen LogP contribution in [0.25, 0.3) is 0 Å². The Morgan fingerprint density at radius 1 is 1.36 bits per heavy atom. The molecule has 1 aromatic rings. The maximum Gasteiger partial charge on any atom is 0.303 e. The van der Waals surface area contributed by atoms with Gasteiger partial charge in [-0.05, 0) is 18.4 Å². The zero-order valence-electron chi connectivity index (χ0n) is 7.82. The van der Waals surface area contributed by atoms with E-state index in [2.05, 4.69) is 15.9 Å². The highest BCUT2D eigenvalue weighted by Crippen LogP contribution is 2.27. The predicted molar refractivity (Wildman–Crippen MR) is 59.6 cm³/mol.